The van der Waals surface area contributed by atoms with Gasteiger partial charge >= 0.3 is 0 Å². The summed E-state index contributed by atoms with van der Waals surface area (Å²) in [5, 5.41) is 3.45. The molecular weight excluding hydrogens is 366 g/mol. The molecule has 1 aromatic rings. The maximum Gasteiger partial charge on any atom is 0.194 e. The lowest BCUT2D eigenvalue weighted by molar-refractivity contribution is -0.0817. The number of guanidine groups is 1. The van der Waals surface area contributed by atoms with E-state index in [1.807, 2.05) is 7.05 Å². The van der Waals surface area contributed by atoms with Gasteiger partial charge < -0.3 is 19.7 Å². The lowest BCUT2D eigenvalue weighted by Gasteiger charge is -2.37. The summed E-state index contributed by atoms with van der Waals surface area (Å²) in [6, 6.07) is 4.20. The van der Waals surface area contributed by atoms with Gasteiger partial charge in [-0.05, 0) is 40.9 Å². The first-order chi connectivity index (χ1) is 10.8. The molecule has 3 heterocycles. The van der Waals surface area contributed by atoms with Gasteiger partial charge in [-0.3, -0.25) is 4.99 Å². The number of aliphatic imine (C=N–C) groups is 1. The molecule has 0 aliphatic carbocycles. The van der Waals surface area contributed by atoms with Crippen molar-refractivity contribution < 1.29 is 9.47 Å². The van der Waals surface area contributed by atoms with Crippen LogP contribution in [0, 0.1) is 0 Å². The van der Waals surface area contributed by atoms with E-state index >= 15 is 0 Å². The van der Waals surface area contributed by atoms with Crippen molar-refractivity contribution in [1.82, 2.24) is 10.2 Å². The number of ether oxygens (including phenoxy) is 2. The summed E-state index contributed by atoms with van der Waals surface area (Å²) >= 11 is 5.24. The van der Waals surface area contributed by atoms with Crippen LogP contribution in [0.2, 0.25) is 0 Å². The van der Waals surface area contributed by atoms with E-state index in [1.165, 1.54) is 4.88 Å². The molecule has 22 heavy (non-hydrogen) atoms. The Hall–Kier alpha value is -0.630. The molecule has 1 aromatic heterocycles. The van der Waals surface area contributed by atoms with Gasteiger partial charge in [0.05, 0.1) is 23.0 Å². The van der Waals surface area contributed by atoms with Crippen LogP contribution in [0.1, 0.15) is 17.7 Å². The number of morpholine rings is 1. The molecule has 2 saturated heterocycles. The summed E-state index contributed by atoms with van der Waals surface area (Å²) in [4.78, 5) is 7.99. The van der Waals surface area contributed by atoms with Gasteiger partial charge in [-0.15, -0.1) is 11.3 Å². The molecule has 2 aliphatic heterocycles. The highest BCUT2D eigenvalue weighted by Crippen LogP contribution is 2.23. The number of nitrogens with zero attached hydrogens (tertiary/aromatic N) is 2. The quantitative estimate of drug-likeness (QED) is 0.639. The summed E-state index contributed by atoms with van der Waals surface area (Å²) in [5.41, 5.74) is 0. The summed E-state index contributed by atoms with van der Waals surface area (Å²) in [5.74, 6) is 0.941. The minimum Gasteiger partial charge on any atom is -0.375 e. The third kappa shape index (κ3) is 4.01. The molecule has 0 radical (unpaired) electrons. The fourth-order valence-corrected chi connectivity index (χ4v) is 4.36. The molecule has 1 N–H and O–H groups in total. The minimum atomic E-state index is 0.158. The summed E-state index contributed by atoms with van der Waals surface area (Å²) in [6.07, 6.45) is 2.65. The predicted molar refractivity (Wildman–Crippen MR) is 92.5 cm³/mol. The number of hydrogen-bond acceptors (Lipinski definition) is 4. The van der Waals surface area contributed by atoms with Crippen LogP contribution in [-0.2, 0) is 16.0 Å². The second-order valence-corrected chi connectivity index (χ2v) is 8.06. The fraction of sp³-hybridized carbons (Fsp3) is 0.667. The first kappa shape index (κ1) is 16.2. The molecular formula is C15H22BrN3O2S. The van der Waals surface area contributed by atoms with E-state index in [-0.39, 0.29) is 12.2 Å². The smallest absolute Gasteiger partial charge is 0.194 e. The van der Waals surface area contributed by atoms with E-state index in [2.05, 4.69) is 43.3 Å². The van der Waals surface area contributed by atoms with Gasteiger partial charge in [-0.1, -0.05) is 0 Å². The number of halogens is 1. The van der Waals surface area contributed by atoms with Gasteiger partial charge in [0.2, 0.25) is 0 Å². The fourth-order valence-electron chi connectivity index (χ4n) is 2.93. The van der Waals surface area contributed by atoms with E-state index in [0.717, 1.165) is 55.4 Å². The molecule has 7 heteroatoms. The Balaban J connectivity index is 1.55. The van der Waals surface area contributed by atoms with Crippen LogP contribution in [0.3, 0.4) is 0 Å². The zero-order chi connectivity index (χ0) is 15.4. The van der Waals surface area contributed by atoms with Gasteiger partial charge in [0.25, 0.3) is 0 Å². The van der Waals surface area contributed by atoms with E-state index < -0.39 is 0 Å². The van der Waals surface area contributed by atoms with Crippen molar-refractivity contribution in [2.75, 3.05) is 33.4 Å². The predicted octanol–water partition coefficient (Wildman–Crippen LogP) is 2.47. The Morgan fingerprint density at radius 3 is 2.95 bits per heavy atom. The lowest BCUT2D eigenvalue weighted by Crippen LogP contribution is -2.53. The minimum absolute atomic E-state index is 0.158. The third-order valence-electron chi connectivity index (χ3n) is 4.03. The summed E-state index contributed by atoms with van der Waals surface area (Å²) < 4.78 is 12.8. The normalized spacial score (nSPS) is 26.5. The largest absolute Gasteiger partial charge is 0.375 e. The topological polar surface area (TPSA) is 46.1 Å². The zero-order valence-electron chi connectivity index (χ0n) is 12.8. The highest BCUT2D eigenvalue weighted by atomic mass is 79.9. The van der Waals surface area contributed by atoms with Crippen molar-refractivity contribution in [3.05, 3.63) is 20.8 Å². The molecule has 2 atom stereocenters. The van der Waals surface area contributed by atoms with Gasteiger partial charge in [-0.25, -0.2) is 0 Å². The lowest BCUT2D eigenvalue weighted by atomic mass is 10.1. The first-order valence-electron chi connectivity index (χ1n) is 7.69. The van der Waals surface area contributed by atoms with Crippen LogP contribution in [0.25, 0.3) is 0 Å². The highest BCUT2D eigenvalue weighted by Gasteiger charge is 2.32. The van der Waals surface area contributed by atoms with E-state index in [9.17, 15) is 0 Å². The molecule has 122 valence electrons. The van der Waals surface area contributed by atoms with Crippen molar-refractivity contribution in [1.29, 1.82) is 0 Å². The Morgan fingerprint density at radius 2 is 2.27 bits per heavy atom. The van der Waals surface area contributed by atoms with Crippen LogP contribution >= 0.6 is 27.3 Å². The second kappa shape index (κ2) is 7.77. The van der Waals surface area contributed by atoms with Crippen LogP contribution in [0.15, 0.2) is 20.9 Å². The Kier molecular flexibility index (Phi) is 5.73. The summed E-state index contributed by atoms with van der Waals surface area (Å²) in [7, 11) is 1.84. The van der Waals surface area contributed by atoms with Crippen LogP contribution < -0.4 is 5.32 Å². The standard InChI is InChI=1S/C15H22BrN3O2S/c1-17-15(18-9-11-4-5-14(16)22-11)19-6-8-21-13(10-19)12-3-2-7-20-12/h4-5,12-13H,2-3,6-10H2,1H3,(H,17,18). The molecule has 3 rings (SSSR count). The average molecular weight is 388 g/mol. The van der Waals surface area contributed by atoms with Crippen molar-refractivity contribution in [3.63, 3.8) is 0 Å². The van der Waals surface area contributed by atoms with E-state index in [1.54, 1.807) is 11.3 Å². The average Bonchev–Trinajstić information content (AvgIpc) is 3.20. The zero-order valence-corrected chi connectivity index (χ0v) is 15.2. The van der Waals surface area contributed by atoms with Gasteiger partial charge in [-0.2, -0.15) is 0 Å². The van der Waals surface area contributed by atoms with Crippen LogP contribution in [-0.4, -0.2) is 56.4 Å². The maximum atomic E-state index is 5.90. The third-order valence-corrected chi connectivity index (χ3v) is 5.66. The van der Waals surface area contributed by atoms with Crippen molar-refractivity contribution >= 4 is 33.2 Å². The summed E-state index contributed by atoms with van der Waals surface area (Å²) in [6.45, 7) is 4.11. The van der Waals surface area contributed by atoms with E-state index in [4.69, 9.17) is 9.47 Å². The molecule has 2 fully saturated rings. The van der Waals surface area contributed by atoms with Gasteiger partial charge in [0, 0.05) is 31.6 Å². The Bertz CT molecular complexity index is 517. The molecule has 0 saturated carbocycles. The molecule has 0 aromatic carbocycles. The molecule has 2 aliphatic rings. The van der Waals surface area contributed by atoms with Gasteiger partial charge in [0.1, 0.15) is 6.10 Å². The number of nitrogens with one attached hydrogen (secondary N) is 1. The monoisotopic (exact) mass is 387 g/mol. The van der Waals surface area contributed by atoms with Crippen LogP contribution in [0.5, 0.6) is 0 Å². The highest BCUT2D eigenvalue weighted by molar-refractivity contribution is 9.11. The molecule has 5 nitrogen and oxygen atoms in total. The number of hydrogen-bond donors (Lipinski definition) is 1. The molecule has 2 unspecified atom stereocenters. The SMILES string of the molecule is CN=C(NCc1ccc(Br)s1)N1CCOC(C2CCCO2)C1. The van der Waals surface area contributed by atoms with Crippen LogP contribution in [0.4, 0.5) is 0 Å². The Morgan fingerprint density at radius 1 is 1.41 bits per heavy atom. The van der Waals surface area contributed by atoms with Gasteiger partial charge in [0.15, 0.2) is 5.96 Å². The molecule has 0 bridgehead atoms. The molecule has 0 amide bonds. The number of rotatable bonds is 3. The van der Waals surface area contributed by atoms with Crippen molar-refractivity contribution in [2.45, 2.75) is 31.6 Å². The van der Waals surface area contributed by atoms with Crippen molar-refractivity contribution in [3.8, 4) is 0 Å². The molecule has 0 spiro atoms. The first-order valence-corrected chi connectivity index (χ1v) is 9.30. The Labute approximate surface area is 143 Å². The van der Waals surface area contributed by atoms with Crippen molar-refractivity contribution in [2.24, 2.45) is 4.99 Å². The maximum absolute atomic E-state index is 5.90. The van der Waals surface area contributed by atoms with E-state index in [0.29, 0.717) is 0 Å². The number of thiophene rings is 1. The second-order valence-electron chi connectivity index (χ2n) is 5.51.